The molecule has 0 atom stereocenters. The first-order valence-electron chi connectivity index (χ1n) is 6.69. The van der Waals surface area contributed by atoms with Crippen LogP contribution in [0.3, 0.4) is 0 Å². The number of ether oxygens (including phenoxy) is 1. The third-order valence-corrected chi connectivity index (χ3v) is 3.66. The summed E-state index contributed by atoms with van der Waals surface area (Å²) in [4.78, 5) is 12.4. The normalized spacial score (nSPS) is 16.8. The first-order chi connectivity index (χ1) is 11.2. The van der Waals surface area contributed by atoms with Gasteiger partial charge in [-0.2, -0.15) is 5.26 Å². The van der Waals surface area contributed by atoms with Gasteiger partial charge in [-0.25, -0.2) is 17.2 Å². The third kappa shape index (κ3) is 4.06. The molecular formula is C14H13F2N3O4S. The lowest BCUT2D eigenvalue weighted by Crippen LogP contribution is -2.31. The van der Waals surface area contributed by atoms with Crippen LogP contribution in [0.15, 0.2) is 23.4 Å². The number of ketones is 1. The Morgan fingerprint density at radius 2 is 2.08 bits per heavy atom. The highest BCUT2D eigenvalue weighted by molar-refractivity contribution is 7.92. The first-order valence-corrected chi connectivity index (χ1v) is 8.58. The van der Waals surface area contributed by atoms with E-state index in [1.807, 2.05) is 4.72 Å². The number of morpholine rings is 1. The van der Waals surface area contributed by atoms with Crippen LogP contribution in [0.25, 0.3) is 0 Å². The van der Waals surface area contributed by atoms with Crippen LogP contribution in [0.1, 0.15) is 10.4 Å². The number of nitrogens with zero attached hydrogens (tertiary/aromatic N) is 1. The molecule has 1 saturated heterocycles. The van der Waals surface area contributed by atoms with E-state index >= 15 is 0 Å². The molecule has 128 valence electrons. The van der Waals surface area contributed by atoms with E-state index in [0.717, 1.165) is 12.3 Å². The molecule has 24 heavy (non-hydrogen) atoms. The molecule has 0 aromatic heterocycles. The first kappa shape index (κ1) is 17.8. The average Bonchev–Trinajstić information content (AvgIpc) is 2.50. The lowest BCUT2D eigenvalue weighted by molar-refractivity contribution is 0.102. The van der Waals surface area contributed by atoms with Gasteiger partial charge < -0.3 is 10.1 Å². The Bertz CT molecular complexity index is 852. The van der Waals surface area contributed by atoms with E-state index in [-0.39, 0.29) is 17.9 Å². The molecule has 2 rings (SSSR count). The fourth-order valence-electron chi connectivity index (χ4n) is 2.05. The molecule has 0 aliphatic carbocycles. The molecule has 0 saturated carbocycles. The maximum absolute atomic E-state index is 14.0. The van der Waals surface area contributed by atoms with E-state index in [1.54, 1.807) is 6.07 Å². The molecule has 1 heterocycles. The van der Waals surface area contributed by atoms with Crippen molar-refractivity contribution in [3.05, 3.63) is 40.6 Å². The third-order valence-electron chi connectivity index (χ3n) is 3.07. The number of hydrogen-bond acceptors (Lipinski definition) is 6. The molecule has 1 aliphatic rings. The zero-order valence-corrected chi connectivity index (χ0v) is 13.3. The summed E-state index contributed by atoms with van der Waals surface area (Å²) >= 11 is 0. The van der Waals surface area contributed by atoms with Crippen molar-refractivity contribution in [1.82, 2.24) is 5.32 Å². The summed E-state index contributed by atoms with van der Waals surface area (Å²) in [6, 6.07) is 2.77. The molecular weight excluding hydrogens is 344 g/mol. The van der Waals surface area contributed by atoms with Crippen molar-refractivity contribution in [3.8, 4) is 6.07 Å². The number of benzene rings is 1. The van der Waals surface area contributed by atoms with Gasteiger partial charge in [-0.05, 0) is 6.07 Å². The fourth-order valence-corrected chi connectivity index (χ4v) is 2.61. The van der Waals surface area contributed by atoms with Gasteiger partial charge in [-0.15, -0.1) is 0 Å². The molecule has 1 fully saturated rings. The molecule has 1 aliphatic heterocycles. The van der Waals surface area contributed by atoms with Gasteiger partial charge in [0.1, 0.15) is 23.3 Å². The van der Waals surface area contributed by atoms with Crippen LogP contribution in [0.2, 0.25) is 0 Å². The summed E-state index contributed by atoms with van der Waals surface area (Å²) in [5.41, 5.74) is -1.41. The van der Waals surface area contributed by atoms with E-state index in [9.17, 15) is 27.3 Å². The Labute approximate surface area is 137 Å². The van der Waals surface area contributed by atoms with Crippen molar-refractivity contribution in [1.29, 1.82) is 5.26 Å². The number of carbonyl (C=O) groups excluding carboxylic acids is 1. The predicted molar refractivity (Wildman–Crippen MR) is 80.6 cm³/mol. The van der Waals surface area contributed by atoms with E-state index in [2.05, 4.69) is 5.32 Å². The number of carbonyl (C=O) groups is 1. The number of halogens is 2. The molecule has 1 aromatic rings. The number of rotatable bonds is 4. The van der Waals surface area contributed by atoms with E-state index in [4.69, 9.17) is 4.74 Å². The lowest BCUT2D eigenvalue weighted by atomic mass is 10.0. The van der Waals surface area contributed by atoms with Crippen LogP contribution in [-0.2, 0) is 14.8 Å². The maximum atomic E-state index is 14.0. The fraction of sp³-hybridized carbons (Fsp3) is 0.286. The summed E-state index contributed by atoms with van der Waals surface area (Å²) in [6.07, 6.45) is 0.781. The van der Waals surface area contributed by atoms with Crippen LogP contribution in [-0.4, -0.2) is 40.2 Å². The van der Waals surface area contributed by atoms with Crippen molar-refractivity contribution in [2.45, 2.75) is 0 Å². The van der Waals surface area contributed by atoms with Gasteiger partial charge in [0.2, 0.25) is 15.8 Å². The van der Waals surface area contributed by atoms with Crippen molar-refractivity contribution < 1.29 is 26.7 Å². The minimum Gasteiger partial charge on any atom is -0.383 e. The molecule has 7 nitrogen and oxygen atoms in total. The lowest BCUT2D eigenvalue weighted by Gasteiger charge is -2.18. The average molecular weight is 357 g/mol. The molecule has 0 unspecified atom stereocenters. The largest absolute Gasteiger partial charge is 0.383 e. The quantitative estimate of drug-likeness (QED) is 0.471. The maximum Gasteiger partial charge on any atom is 0.229 e. The molecule has 10 heteroatoms. The van der Waals surface area contributed by atoms with Gasteiger partial charge >= 0.3 is 0 Å². The SMILES string of the molecule is CS(=O)(=O)Nc1cc(C(=O)/C(C#N)=C2/COCCN2)c(F)cc1F. The van der Waals surface area contributed by atoms with Crippen LogP contribution in [0, 0.1) is 23.0 Å². The smallest absolute Gasteiger partial charge is 0.229 e. The highest BCUT2D eigenvalue weighted by Crippen LogP contribution is 2.23. The number of hydrogen-bond donors (Lipinski definition) is 2. The van der Waals surface area contributed by atoms with Crippen molar-refractivity contribution in [3.63, 3.8) is 0 Å². The van der Waals surface area contributed by atoms with Crippen LogP contribution in [0.5, 0.6) is 0 Å². The Morgan fingerprint density at radius 3 is 2.62 bits per heavy atom. The van der Waals surface area contributed by atoms with E-state index in [0.29, 0.717) is 19.2 Å². The monoisotopic (exact) mass is 357 g/mol. The number of Topliss-reactive ketones (excluding diaryl/α,β-unsaturated/α-hetero) is 1. The molecule has 0 radical (unpaired) electrons. The van der Waals surface area contributed by atoms with Gasteiger partial charge in [0.25, 0.3) is 0 Å². The Kier molecular flexibility index (Phi) is 5.16. The molecule has 1 aromatic carbocycles. The molecule has 0 spiro atoms. The summed E-state index contributed by atoms with van der Waals surface area (Å²) in [5.74, 6) is -3.39. The minimum atomic E-state index is -3.83. The highest BCUT2D eigenvalue weighted by Gasteiger charge is 2.24. The minimum absolute atomic E-state index is 0.0219. The van der Waals surface area contributed by atoms with Crippen LogP contribution >= 0.6 is 0 Å². The number of nitriles is 1. The summed E-state index contributed by atoms with van der Waals surface area (Å²) < 4.78 is 57.0. The molecule has 0 bridgehead atoms. The second kappa shape index (κ2) is 6.94. The van der Waals surface area contributed by atoms with Gasteiger partial charge in [-0.1, -0.05) is 0 Å². The second-order valence-corrected chi connectivity index (χ2v) is 6.71. The van der Waals surface area contributed by atoms with Crippen molar-refractivity contribution >= 4 is 21.5 Å². The van der Waals surface area contributed by atoms with E-state index < -0.39 is 38.7 Å². The number of nitrogens with one attached hydrogen (secondary N) is 2. The topological polar surface area (TPSA) is 108 Å². The second-order valence-electron chi connectivity index (χ2n) is 4.96. The van der Waals surface area contributed by atoms with Crippen LogP contribution < -0.4 is 10.0 Å². The zero-order valence-electron chi connectivity index (χ0n) is 12.5. The van der Waals surface area contributed by atoms with Gasteiger partial charge in [-0.3, -0.25) is 9.52 Å². The molecule has 0 amide bonds. The highest BCUT2D eigenvalue weighted by atomic mass is 32.2. The van der Waals surface area contributed by atoms with E-state index in [1.165, 1.54) is 0 Å². The Hall–Kier alpha value is -2.51. The van der Waals surface area contributed by atoms with Gasteiger partial charge in [0.05, 0.1) is 36.4 Å². The number of allylic oxidation sites excluding steroid dienone is 1. The summed E-state index contributed by atoms with van der Waals surface area (Å²) in [5, 5.41) is 12.0. The van der Waals surface area contributed by atoms with Crippen molar-refractivity contribution in [2.24, 2.45) is 0 Å². The predicted octanol–water partition coefficient (Wildman–Crippen LogP) is 0.916. The van der Waals surface area contributed by atoms with Crippen LogP contribution in [0.4, 0.5) is 14.5 Å². The number of anilines is 1. The molecule has 2 N–H and O–H groups in total. The zero-order chi connectivity index (χ0) is 17.9. The summed E-state index contributed by atoms with van der Waals surface area (Å²) in [6.45, 7) is 0.746. The van der Waals surface area contributed by atoms with Crippen molar-refractivity contribution in [2.75, 3.05) is 30.7 Å². The number of sulfonamides is 1. The standard InChI is InChI=1S/C14H13F2N3O4S/c1-24(21,22)19-12-4-8(10(15)5-11(12)16)14(20)9(6-17)13-7-23-3-2-18-13/h4-5,18-19H,2-3,7H2,1H3/b13-9-. The Balaban J connectivity index is 2.49. The Morgan fingerprint density at radius 1 is 1.38 bits per heavy atom. The summed E-state index contributed by atoms with van der Waals surface area (Å²) in [7, 11) is -3.83. The van der Waals surface area contributed by atoms with Gasteiger partial charge in [0, 0.05) is 12.6 Å². The van der Waals surface area contributed by atoms with Gasteiger partial charge in [0.15, 0.2) is 0 Å².